The Kier molecular flexibility index (Phi) is 6.66. The second-order valence-electron chi connectivity index (χ2n) is 7.53. The first-order valence-corrected chi connectivity index (χ1v) is 11.0. The molecule has 0 radical (unpaired) electrons. The average Bonchev–Trinajstić information content (AvgIpc) is 3.26. The average molecular weight is 449 g/mol. The predicted octanol–water partition coefficient (Wildman–Crippen LogP) is 4.82. The van der Waals surface area contributed by atoms with Gasteiger partial charge in [0.2, 0.25) is 0 Å². The van der Waals surface area contributed by atoms with Crippen molar-refractivity contribution in [1.29, 1.82) is 0 Å². The monoisotopic (exact) mass is 448 g/mol. The van der Waals surface area contributed by atoms with Crippen LogP contribution in [0.4, 0.5) is 5.82 Å². The van der Waals surface area contributed by atoms with Gasteiger partial charge >= 0.3 is 0 Å². The van der Waals surface area contributed by atoms with Gasteiger partial charge in [-0.1, -0.05) is 55.8 Å². The first-order chi connectivity index (χ1) is 15.6. The summed E-state index contributed by atoms with van der Waals surface area (Å²) in [6.45, 7) is 5.14. The minimum atomic E-state index is -0.206. The number of rotatable bonds is 8. The summed E-state index contributed by atoms with van der Waals surface area (Å²) >= 11 is 6.10. The van der Waals surface area contributed by atoms with E-state index in [0.717, 1.165) is 29.0 Å². The molecule has 2 heterocycles. The van der Waals surface area contributed by atoms with E-state index in [4.69, 9.17) is 21.6 Å². The van der Waals surface area contributed by atoms with Crippen molar-refractivity contribution >= 4 is 34.4 Å². The van der Waals surface area contributed by atoms with E-state index in [-0.39, 0.29) is 11.8 Å². The summed E-state index contributed by atoms with van der Waals surface area (Å²) in [5.41, 5.74) is 2.15. The summed E-state index contributed by atoms with van der Waals surface area (Å²) in [6.07, 6.45) is 2.70. The van der Waals surface area contributed by atoms with Crippen LogP contribution in [-0.4, -0.2) is 38.7 Å². The highest BCUT2D eigenvalue weighted by molar-refractivity contribution is 6.33. The minimum absolute atomic E-state index is 0.206. The molecular formula is C24H25ClN6O. The van der Waals surface area contributed by atoms with Crippen molar-refractivity contribution in [2.75, 3.05) is 18.4 Å². The third-order valence-electron chi connectivity index (χ3n) is 5.32. The molecule has 8 heteroatoms. The van der Waals surface area contributed by atoms with Crippen LogP contribution >= 0.6 is 11.6 Å². The maximum Gasteiger partial charge on any atom is 0.252 e. The fourth-order valence-electron chi connectivity index (χ4n) is 3.32. The zero-order valence-electron chi connectivity index (χ0n) is 18.0. The molecule has 0 aliphatic rings. The number of hydrogen-bond acceptors (Lipinski definition) is 5. The number of halogens is 1. The lowest BCUT2D eigenvalue weighted by atomic mass is 10.1. The van der Waals surface area contributed by atoms with Crippen LogP contribution in [0.3, 0.4) is 0 Å². The van der Waals surface area contributed by atoms with Crippen LogP contribution in [0.25, 0.3) is 16.7 Å². The molecule has 0 bridgehead atoms. The summed E-state index contributed by atoms with van der Waals surface area (Å²) in [6, 6.07) is 16.9. The van der Waals surface area contributed by atoms with E-state index in [1.165, 1.54) is 0 Å². The topological polar surface area (TPSA) is 84.7 Å². The number of fused-ring (bicyclic) bond motifs is 1. The minimum Gasteiger partial charge on any atom is -0.368 e. The molecule has 1 amide bonds. The largest absolute Gasteiger partial charge is 0.368 e. The van der Waals surface area contributed by atoms with Crippen molar-refractivity contribution < 1.29 is 4.79 Å². The smallest absolute Gasteiger partial charge is 0.252 e. The maximum absolute atomic E-state index is 12.4. The summed E-state index contributed by atoms with van der Waals surface area (Å²) < 4.78 is 1.83. The highest BCUT2D eigenvalue weighted by Gasteiger charge is 2.17. The van der Waals surface area contributed by atoms with Gasteiger partial charge in [0.05, 0.1) is 27.9 Å². The Bertz CT molecular complexity index is 1220. The first kappa shape index (κ1) is 21.8. The molecule has 4 aromatic rings. The fourth-order valence-corrected chi connectivity index (χ4v) is 3.54. The Balaban J connectivity index is 1.54. The summed E-state index contributed by atoms with van der Waals surface area (Å²) in [7, 11) is 0. The molecule has 7 nitrogen and oxygen atoms in total. The summed E-state index contributed by atoms with van der Waals surface area (Å²) in [5.74, 6) is 1.47. The molecule has 164 valence electrons. The molecule has 0 saturated heterocycles. The van der Waals surface area contributed by atoms with Crippen LogP contribution in [0.5, 0.6) is 0 Å². The maximum atomic E-state index is 12.4. The Labute approximate surface area is 191 Å². The van der Waals surface area contributed by atoms with Crippen LogP contribution in [0, 0.1) is 0 Å². The van der Waals surface area contributed by atoms with Crippen LogP contribution in [0.1, 0.15) is 42.4 Å². The third-order valence-corrected chi connectivity index (χ3v) is 5.65. The van der Waals surface area contributed by atoms with Gasteiger partial charge in [0, 0.05) is 19.0 Å². The molecule has 0 fully saturated rings. The van der Waals surface area contributed by atoms with Crippen LogP contribution in [0.2, 0.25) is 5.02 Å². The lowest BCUT2D eigenvalue weighted by Crippen LogP contribution is -2.29. The zero-order valence-corrected chi connectivity index (χ0v) is 18.8. The Morgan fingerprint density at radius 2 is 1.81 bits per heavy atom. The number of anilines is 1. The standard InChI is InChI=1S/C24H25ClN6O/c1-3-16(2)21-29-22(26-13-14-27-24(32)18-11-7-8-12-20(18)25)19-15-28-31(23(19)30-21)17-9-5-4-6-10-17/h4-12,15-16H,3,13-14H2,1-2H3,(H,27,32)(H,26,29,30). The zero-order chi connectivity index (χ0) is 22.5. The van der Waals surface area contributed by atoms with E-state index in [1.807, 2.05) is 35.0 Å². The van der Waals surface area contributed by atoms with Crippen LogP contribution < -0.4 is 10.6 Å². The molecular weight excluding hydrogens is 424 g/mol. The quantitative estimate of drug-likeness (QED) is 0.377. The van der Waals surface area contributed by atoms with Crippen molar-refractivity contribution in [1.82, 2.24) is 25.1 Å². The number of nitrogens with one attached hydrogen (secondary N) is 2. The molecule has 2 N–H and O–H groups in total. The molecule has 32 heavy (non-hydrogen) atoms. The molecule has 2 aromatic heterocycles. The molecule has 0 spiro atoms. The van der Waals surface area contributed by atoms with Crippen molar-refractivity contribution in [3.05, 3.63) is 77.2 Å². The number of aromatic nitrogens is 4. The van der Waals surface area contributed by atoms with Gasteiger partial charge in [-0.3, -0.25) is 4.79 Å². The van der Waals surface area contributed by atoms with Gasteiger partial charge in [0.1, 0.15) is 11.6 Å². The number of benzene rings is 2. The van der Waals surface area contributed by atoms with Crippen molar-refractivity contribution in [2.24, 2.45) is 0 Å². The van der Waals surface area contributed by atoms with E-state index < -0.39 is 0 Å². The highest BCUT2D eigenvalue weighted by Crippen LogP contribution is 2.26. The van der Waals surface area contributed by atoms with Gasteiger partial charge < -0.3 is 10.6 Å². The van der Waals surface area contributed by atoms with Gasteiger partial charge in [-0.15, -0.1) is 0 Å². The number of hydrogen-bond donors (Lipinski definition) is 2. The van der Waals surface area contributed by atoms with Crippen LogP contribution in [0.15, 0.2) is 60.8 Å². The second kappa shape index (κ2) is 9.78. The molecule has 0 saturated carbocycles. The number of carbonyl (C=O) groups excluding carboxylic acids is 1. The number of amides is 1. The normalized spacial score (nSPS) is 12.0. The number of nitrogens with zero attached hydrogens (tertiary/aromatic N) is 4. The Hall–Kier alpha value is -3.45. The third kappa shape index (κ3) is 4.57. The number of para-hydroxylation sites is 1. The molecule has 2 aromatic carbocycles. The molecule has 4 rings (SSSR count). The lowest BCUT2D eigenvalue weighted by molar-refractivity contribution is 0.0955. The first-order valence-electron chi connectivity index (χ1n) is 10.7. The molecule has 1 unspecified atom stereocenters. The highest BCUT2D eigenvalue weighted by atomic mass is 35.5. The summed E-state index contributed by atoms with van der Waals surface area (Å²) in [5, 5.41) is 12.0. The lowest BCUT2D eigenvalue weighted by Gasteiger charge is -2.13. The Morgan fingerprint density at radius 3 is 2.56 bits per heavy atom. The van der Waals surface area contributed by atoms with Crippen molar-refractivity contribution in [3.8, 4) is 5.69 Å². The molecule has 1 atom stereocenters. The van der Waals surface area contributed by atoms with E-state index in [1.54, 1.807) is 30.5 Å². The number of carbonyl (C=O) groups is 1. The van der Waals surface area contributed by atoms with E-state index in [9.17, 15) is 4.79 Å². The van der Waals surface area contributed by atoms with Gasteiger partial charge in [-0.2, -0.15) is 5.10 Å². The van der Waals surface area contributed by atoms with E-state index in [0.29, 0.717) is 29.5 Å². The van der Waals surface area contributed by atoms with Crippen molar-refractivity contribution in [2.45, 2.75) is 26.2 Å². The van der Waals surface area contributed by atoms with E-state index in [2.05, 4.69) is 29.6 Å². The van der Waals surface area contributed by atoms with E-state index >= 15 is 0 Å². The predicted molar refractivity (Wildman–Crippen MR) is 128 cm³/mol. The van der Waals surface area contributed by atoms with Crippen LogP contribution in [-0.2, 0) is 0 Å². The van der Waals surface area contributed by atoms with Gasteiger partial charge in [0.25, 0.3) is 5.91 Å². The Morgan fingerprint density at radius 1 is 1.06 bits per heavy atom. The molecule has 0 aliphatic carbocycles. The van der Waals surface area contributed by atoms with Gasteiger partial charge in [-0.05, 0) is 30.7 Å². The molecule has 0 aliphatic heterocycles. The second-order valence-corrected chi connectivity index (χ2v) is 7.94. The SMILES string of the molecule is CCC(C)c1nc(NCCNC(=O)c2ccccc2Cl)c2cnn(-c3ccccc3)c2n1. The summed E-state index contributed by atoms with van der Waals surface area (Å²) in [4.78, 5) is 21.9. The van der Waals surface area contributed by atoms with Gasteiger partial charge in [0.15, 0.2) is 5.65 Å². The fraction of sp³-hybridized carbons (Fsp3) is 0.250. The van der Waals surface area contributed by atoms with Crippen molar-refractivity contribution in [3.63, 3.8) is 0 Å². The van der Waals surface area contributed by atoms with Gasteiger partial charge in [-0.25, -0.2) is 14.6 Å².